The molecule has 0 aliphatic rings. The molecule has 1 aromatic rings. The number of nitrogens with one attached hydrogen (secondary N) is 2. The van der Waals surface area contributed by atoms with E-state index in [0.29, 0.717) is 0 Å². The molecule has 1 amide bonds. The van der Waals surface area contributed by atoms with Crippen LogP contribution in [0.1, 0.15) is 26.2 Å². The Morgan fingerprint density at radius 1 is 1.12 bits per heavy atom. The maximum absolute atomic E-state index is 10.8. The Balaban J connectivity index is 2.28. The molecule has 0 bridgehead atoms. The van der Waals surface area contributed by atoms with E-state index < -0.39 is 0 Å². The van der Waals surface area contributed by atoms with Crippen LogP contribution in [-0.4, -0.2) is 19.0 Å². The minimum atomic E-state index is -0.0486. The smallest absolute Gasteiger partial charge is 0.221 e. The van der Waals surface area contributed by atoms with Crippen LogP contribution in [0.3, 0.4) is 0 Å². The van der Waals surface area contributed by atoms with Crippen molar-refractivity contribution in [1.82, 2.24) is 0 Å². The second-order valence-electron chi connectivity index (χ2n) is 4.03. The molecule has 17 heavy (non-hydrogen) atoms. The fourth-order valence-corrected chi connectivity index (χ4v) is 1.55. The number of carbonyl (C=O) groups excluding carboxylic acids is 1. The Kier molecular flexibility index (Phi) is 6.10. The van der Waals surface area contributed by atoms with Gasteiger partial charge in [0.2, 0.25) is 5.91 Å². The van der Waals surface area contributed by atoms with Gasteiger partial charge in [0.25, 0.3) is 0 Å². The fourth-order valence-electron chi connectivity index (χ4n) is 1.55. The van der Waals surface area contributed by atoms with E-state index in [1.807, 2.05) is 24.3 Å². The van der Waals surface area contributed by atoms with E-state index in [4.69, 9.17) is 5.73 Å². The summed E-state index contributed by atoms with van der Waals surface area (Å²) in [5.41, 5.74) is 7.32. The van der Waals surface area contributed by atoms with Crippen LogP contribution in [0.25, 0.3) is 0 Å². The number of amides is 1. The van der Waals surface area contributed by atoms with Gasteiger partial charge in [-0.05, 0) is 43.7 Å². The van der Waals surface area contributed by atoms with Crippen molar-refractivity contribution in [2.45, 2.75) is 26.2 Å². The first-order valence-electron chi connectivity index (χ1n) is 6.04. The molecule has 1 aromatic carbocycles. The Hall–Kier alpha value is -1.55. The van der Waals surface area contributed by atoms with Gasteiger partial charge in [-0.25, -0.2) is 0 Å². The molecule has 0 aromatic heterocycles. The second-order valence-corrected chi connectivity index (χ2v) is 4.03. The van der Waals surface area contributed by atoms with Gasteiger partial charge in [0, 0.05) is 24.8 Å². The highest BCUT2D eigenvalue weighted by molar-refractivity contribution is 5.88. The lowest BCUT2D eigenvalue weighted by molar-refractivity contribution is -0.114. The van der Waals surface area contributed by atoms with Crippen LogP contribution in [0.5, 0.6) is 0 Å². The minimum Gasteiger partial charge on any atom is -0.385 e. The molecular weight excluding hydrogens is 214 g/mol. The lowest BCUT2D eigenvalue weighted by Crippen LogP contribution is -2.06. The summed E-state index contributed by atoms with van der Waals surface area (Å²) in [7, 11) is 0. The predicted molar refractivity (Wildman–Crippen MR) is 72.1 cm³/mol. The molecule has 4 nitrogen and oxygen atoms in total. The molecule has 0 spiro atoms. The minimum absolute atomic E-state index is 0.0486. The van der Waals surface area contributed by atoms with E-state index >= 15 is 0 Å². The number of carbonyl (C=O) groups is 1. The van der Waals surface area contributed by atoms with Gasteiger partial charge >= 0.3 is 0 Å². The van der Waals surface area contributed by atoms with E-state index in [1.165, 1.54) is 6.92 Å². The largest absolute Gasteiger partial charge is 0.385 e. The highest BCUT2D eigenvalue weighted by Gasteiger charge is 1.95. The third-order valence-electron chi connectivity index (χ3n) is 2.42. The zero-order chi connectivity index (χ0) is 12.5. The van der Waals surface area contributed by atoms with Crippen molar-refractivity contribution in [3.05, 3.63) is 24.3 Å². The number of anilines is 2. The summed E-state index contributed by atoms with van der Waals surface area (Å²) in [5.74, 6) is -0.0486. The van der Waals surface area contributed by atoms with Gasteiger partial charge in [0.15, 0.2) is 0 Å². The van der Waals surface area contributed by atoms with Gasteiger partial charge in [-0.1, -0.05) is 6.42 Å². The topological polar surface area (TPSA) is 67.2 Å². The molecule has 1 rings (SSSR count). The molecule has 4 heteroatoms. The number of hydrogen-bond donors (Lipinski definition) is 3. The van der Waals surface area contributed by atoms with Gasteiger partial charge in [-0.2, -0.15) is 0 Å². The summed E-state index contributed by atoms with van der Waals surface area (Å²) in [4.78, 5) is 10.8. The molecule has 0 aliphatic heterocycles. The summed E-state index contributed by atoms with van der Waals surface area (Å²) in [6, 6.07) is 7.72. The molecule has 0 radical (unpaired) electrons. The van der Waals surface area contributed by atoms with E-state index in [0.717, 1.165) is 43.7 Å². The molecule has 0 fully saturated rings. The molecular formula is C13H21N3O. The lowest BCUT2D eigenvalue weighted by atomic mass is 10.2. The predicted octanol–water partition coefficient (Wildman–Crippen LogP) is 2.19. The first kappa shape index (κ1) is 13.5. The first-order valence-corrected chi connectivity index (χ1v) is 6.04. The van der Waals surface area contributed by atoms with Crippen molar-refractivity contribution in [2.75, 3.05) is 23.7 Å². The van der Waals surface area contributed by atoms with Gasteiger partial charge < -0.3 is 16.4 Å². The molecule has 94 valence electrons. The maximum Gasteiger partial charge on any atom is 0.221 e. The highest BCUT2D eigenvalue weighted by Crippen LogP contribution is 2.13. The van der Waals surface area contributed by atoms with E-state index in [9.17, 15) is 4.79 Å². The van der Waals surface area contributed by atoms with E-state index in [1.54, 1.807) is 0 Å². The van der Waals surface area contributed by atoms with Gasteiger partial charge in [0.05, 0.1) is 0 Å². The van der Waals surface area contributed by atoms with Crippen molar-refractivity contribution in [1.29, 1.82) is 0 Å². The van der Waals surface area contributed by atoms with E-state index in [2.05, 4.69) is 10.6 Å². The molecule has 0 saturated carbocycles. The monoisotopic (exact) mass is 235 g/mol. The lowest BCUT2D eigenvalue weighted by Gasteiger charge is -2.07. The van der Waals surface area contributed by atoms with Crippen molar-refractivity contribution in [3.63, 3.8) is 0 Å². The van der Waals surface area contributed by atoms with Crippen LogP contribution in [0, 0.1) is 0 Å². The summed E-state index contributed by atoms with van der Waals surface area (Å²) in [6.07, 6.45) is 3.38. The van der Waals surface area contributed by atoms with Crippen LogP contribution in [0.15, 0.2) is 24.3 Å². The molecule has 0 unspecified atom stereocenters. The van der Waals surface area contributed by atoms with Crippen LogP contribution in [0.2, 0.25) is 0 Å². The number of hydrogen-bond acceptors (Lipinski definition) is 3. The third kappa shape index (κ3) is 5.92. The summed E-state index contributed by atoms with van der Waals surface area (Å²) >= 11 is 0. The van der Waals surface area contributed by atoms with Crippen LogP contribution in [-0.2, 0) is 4.79 Å². The third-order valence-corrected chi connectivity index (χ3v) is 2.42. The number of benzene rings is 1. The van der Waals surface area contributed by atoms with Gasteiger partial charge in [0.1, 0.15) is 0 Å². The van der Waals surface area contributed by atoms with Crippen molar-refractivity contribution in [3.8, 4) is 0 Å². The van der Waals surface area contributed by atoms with Crippen LogP contribution in [0.4, 0.5) is 11.4 Å². The molecule has 0 aliphatic carbocycles. The van der Waals surface area contributed by atoms with E-state index in [-0.39, 0.29) is 5.91 Å². The van der Waals surface area contributed by atoms with Crippen molar-refractivity contribution < 1.29 is 4.79 Å². The van der Waals surface area contributed by atoms with Crippen LogP contribution >= 0.6 is 0 Å². The standard InChI is InChI=1S/C13H21N3O/c1-11(17)16-13-7-5-12(6-8-13)15-10-4-2-3-9-14/h5-8,15H,2-4,9-10,14H2,1H3,(H,16,17). The Morgan fingerprint density at radius 2 is 1.76 bits per heavy atom. The molecule has 0 saturated heterocycles. The average Bonchev–Trinajstić information content (AvgIpc) is 2.30. The summed E-state index contributed by atoms with van der Waals surface area (Å²) in [5, 5.41) is 6.07. The molecule has 0 atom stereocenters. The average molecular weight is 235 g/mol. The Morgan fingerprint density at radius 3 is 2.35 bits per heavy atom. The Labute approximate surface area is 103 Å². The zero-order valence-corrected chi connectivity index (χ0v) is 10.3. The van der Waals surface area contributed by atoms with Gasteiger partial charge in [-0.15, -0.1) is 0 Å². The number of nitrogens with two attached hydrogens (primary N) is 1. The van der Waals surface area contributed by atoms with Crippen molar-refractivity contribution >= 4 is 17.3 Å². The molecule has 0 heterocycles. The first-order chi connectivity index (χ1) is 8.22. The maximum atomic E-state index is 10.8. The molecule has 4 N–H and O–H groups in total. The normalized spacial score (nSPS) is 10.0. The zero-order valence-electron chi connectivity index (χ0n) is 10.3. The SMILES string of the molecule is CC(=O)Nc1ccc(NCCCCCN)cc1. The number of unbranched alkanes of at least 4 members (excludes halogenated alkanes) is 2. The quantitative estimate of drug-likeness (QED) is 0.635. The number of rotatable bonds is 7. The van der Waals surface area contributed by atoms with Crippen molar-refractivity contribution in [2.24, 2.45) is 5.73 Å². The Bertz CT molecular complexity index is 335. The highest BCUT2D eigenvalue weighted by atomic mass is 16.1. The van der Waals surface area contributed by atoms with Crippen LogP contribution < -0.4 is 16.4 Å². The fraction of sp³-hybridized carbons (Fsp3) is 0.462. The second kappa shape index (κ2) is 7.68. The van der Waals surface area contributed by atoms with Gasteiger partial charge in [-0.3, -0.25) is 4.79 Å². The summed E-state index contributed by atoms with van der Waals surface area (Å²) < 4.78 is 0. The summed E-state index contributed by atoms with van der Waals surface area (Å²) in [6.45, 7) is 3.23.